The number of nitrogens with zero attached hydrogens (tertiary/aromatic N) is 1. The molecule has 0 spiro atoms. The third kappa shape index (κ3) is 6.80. The van der Waals surface area contributed by atoms with Gasteiger partial charge in [0, 0.05) is 33.7 Å². The van der Waals surface area contributed by atoms with E-state index < -0.39 is 5.41 Å². The molecule has 1 N–H and O–H groups in total. The summed E-state index contributed by atoms with van der Waals surface area (Å²) in [5.74, 6) is 0. The summed E-state index contributed by atoms with van der Waals surface area (Å²) in [6.07, 6.45) is 16.3. The van der Waals surface area contributed by atoms with Crippen molar-refractivity contribution in [2.24, 2.45) is 10.8 Å². The molecular formula is C65H68N2. The zero-order chi connectivity index (χ0) is 47.2. The fourth-order valence-electron chi connectivity index (χ4n) is 12.6. The molecule has 10 rings (SSSR count). The Bertz CT molecular complexity index is 3140. The number of aryl methyl sites for hydroxylation is 3. The lowest BCUT2D eigenvalue weighted by atomic mass is 9.61. The van der Waals surface area contributed by atoms with Crippen LogP contribution in [0.25, 0.3) is 22.3 Å². The SMILES string of the molecule is C=CC1=C(/C=C(/C)N(c2cc(C)c(C)cc2C)c2cc3c(c(-c4cccc5c4Nc4ccccc4C5(C4=CCCC=C4)c4ccccc4)c2C)C(C)(C)c2ccccc2-3)C(C)(C)CCC1(C)C. The first-order chi connectivity index (χ1) is 32.0. The Morgan fingerprint density at radius 3 is 1.99 bits per heavy atom. The summed E-state index contributed by atoms with van der Waals surface area (Å²) in [6, 6.07) is 43.9. The van der Waals surface area contributed by atoms with Crippen molar-refractivity contribution >= 4 is 22.7 Å². The zero-order valence-corrected chi connectivity index (χ0v) is 41.8. The second-order valence-electron chi connectivity index (χ2n) is 21.8. The first-order valence-electron chi connectivity index (χ1n) is 24.7. The number of hydrogen-bond acceptors (Lipinski definition) is 2. The maximum atomic E-state index is 4.43. The van der Waals surface area contributed by atoms with Crippen LogP contribution in [0.15, 0.2) is 175 Å². The van der Waals surface area contributed by atoms with E-state index in [9.17, 15) is 0 Å². The molecule has 0 fully saturated rings. The summed E-state index contributed by atoms with van der Waals surface area (Å²) in [7, 11) is 0. The van der Waals surface area contributed by atoms with Crippen LogP contribution >= 0.6 is 0 Å². The second kappa shape index (κ2) is 16.2. The number of allylic oxidation sites excluding steroid dienone is 9. The van der Waals surface area contributed by atoms with Crippen molar-refractivity contribution in [1.29, 1.82) is 0 Å². The van der Waals surface area contributed by atoms with E-state index >= 15 is 0 Å². The first-order valence-corrected chi connectivity index (χ1v) is 24.7. The maximum absolute atomic E-state index is 4.43. The highest BCUT2D eigenvalue weighted by molar-refractivity contribution is 6.00. The lowest BCUT2D eigenvalue weighted by Crippen LogP contribution is -2.36. The number of anilines is 4. The fourth-order valence-corrected chi connectivity index (χ4v) is 12.6. The highest BCUT2D eigenvalue weighted by atomic mass is 15.2. The Morgan fingerprint density at radius 2 is 1.27 bits per heavy atom. The molecule has 1 aliphatic heterocycles. The molecule has 1 unspecified atom stereocenters. The lowest BCUT2D eigenvalue weighted by Gasteiger charge is -2.44. The number of benzene rings is 6. The molecule has 338 valence electrons. The molecule has 0 bridgehead atoms. The summed E-state index contributed by atoms with van der Waals surface area (Å²) in [5.41, 5.74) is 26.1. The van der Waals surface area contributed by atoms with Gasteiger partial charge in [-0.05, 0) is 179 Å². The van der Waals surface area contributed by atoms with Gasteiger partial charge in [-0.15, -0.1) is 0 Å². The average Bonchev–Trinajstić information content (AvgIpc) is 3.54. The number of hydrogen-bond donors (Lipinski definition) is 1. The summed E-state index contributed by atoms with van der Waals surface area (Å²) < 4.78 is 0. The van der Waals surface area contributed by atoms with E-state index in [1.807, 2.05) is 0 Å². The quantitative estimate of drug-likeness (QED) is 0.164. The molecular weight excluding hydrogens is 809 g/mol. The molecule has 0 amide bonds. The van der Waals surface area contributed by atoms with Crippen LogP contribution in [-0.4, -0.2) is 0 Å². The summed E-state index contributed by atoms with van der Waals surface area (Å²) in [4.78, 5) is 2.60. The van der Waals surface area contributed by atoms with Gasteiger partial charge in [0.25, 0.3) is 0 Å². The topological polar surface area (TPSA) is 15.3 Å². The van der Waals surface area contributed by atoms with Crippen molar-refractivity contribution < 1.29 is 0 Å². The molecule has 4 aliphatic rings. The van der Waals surface area contributed by atoms with Crippen molar-refractivity contribution in [1.82, 2.24) is 0 Å². The minimum atomic E-state index is -0.530. The van der Waals surface area contributed by atoms with Gasteiger partial charge in [-0.1, -0.05) is 169 Å². The van der Waals surface area contributed by atoms with E-state index in [-0.39, 0.29) is 16.2 Å². The third-order valence-electron chi connectivity index (χ3n) is 16.4. The minimum absolute atomic E-state index is 0.00933. The van der Waals surface area contributed by atoms with Crippen LogP contribution in [0.1, 0.15) is 124 Å². The van der Waals surface area contributed by atoms with Gasteiger partial charge in [0.05, 0.1) is 11.1 Å². The predicted octanol–water partition coefficient (Wildman–Crippen LogP) is 17.9. The van der Waals surface area contributed by atoms with E-state index in [0.717, 1.165) is 31.4 Å². The summed E-state index contributed by atoms with van der Waals surface area (Å²) in [6.45, 7) is 30.5. The van der Waals surface area contributed by atoms with E-state index in [1.54, 1.807) is 0 Å². The highest BCUT2D eigenvalue weighted by Crippen LogP contribution is 2.61. The molecule has 0 saturated carbocycles. The number of para-hydroxylation sites is 2. The second-order valence-corrected chi connectivity index (χ2v) is 21.8. The molecule has 1 heterocycles. The van der Waals surface area contributed by atoms with E-state index in [4.69, 9.17) is 0 Å². The Morgan fingerprint density at radius 1 is 0.627 bits per heavy atom. The molecule has 6 aromatic rings. The number of fused-ring (bicyclic) bond motifs is 5. The largest absolute Gasteiger partial charge is 0.354 e. The zero-order valence-electron chi connectivity index (χ0n) is 41.8. The van der Waals surface area contributed by atoms with Crippen molar-refractivity contribution in [3.63, 3.8) is 0 Å². The third-order valence-corrected chi connectivity index (χ3v) is 16.4. The molecule has 1 atom stereocenters. The molecule has 0 saturated heterocycles. The smallest absolute Gasteiger partial charge is 0.0738 e. The molecule has 0 aromatic heterocycles. The van der Waals surface area contributed by atoms with Crippen molar-refractivity contribution in [3.8, 4) is 22.3 Å². The molecule has 67 heavy (non-hydrogen) atoms. The monoisotopic (exact) mass is 877 g/mol. The van der Waals surface area contributed by atoms with Crippen molar-refractivity contribution in [2.45, 2.75) is 113 Å². The molecule has 3 aliphatic carbocycles. The first kappa shape index (κ1) is 44.5. The van der Waals surface area contributed by atoms with Crippen molar-refractivity contribution in [3.05, 3.63) is 225 Å². The van der Waals surface area contributed by atoms with Gasteiger partial charge >= 0.3 is 0 Å². The van der Waals surface area contributed by atoms with Crippen molar-refractivity contribution in [2.75, 3.05) is 10.2 Å². The van der Waals surface area contributed by atoms with Gasteiger partial charge in [0.1, 0.15) is 0 Å². The summed E-state index contributed by atoms with van der Waals surface area (Å²) >= 11 is 0. The van der Waals surface area contributed by atoms with Crippen LogP contribution in [0.5, 0.6) is 0 Å². The Balaban J connectivity index is 1.33. The normalized spacial score (nSPS) is 19.7. The van der Waals surface area contributed by atoms with Gasteiger partial charge in [0.15, 0.2) is 0 Å². The van der Waals surface area contributed by atoms with Crippen LogP contribution in [0.3, 0.4) is 0 Å². The van der Waals surface area contributed by atoms with Gasteiger partial charge in [-0.2, -0.15) is 0 Å². The maximum Gasteiger partial charge on any atom is 0.0738 e. The Labute approximate surface area is 401 Å². The molecule has 6 aromatic carbocycles. The van der Waals surface area contributed by atoms with Crippen LogP contribution in [-0.2, 0) is 10.8 Å². The van der Waals surface area contributed by atoms with Crippen LogP contribution in [0, 0.1) is 38.5 Å². The standard InChI is InChI=1S/C65H68N2/c1-13-51-55(63(9,10)36-35-62(51,7)8)39-44(5)67(57-38-42(3)41(2)37-43(57)4)58-40-50-48-29-20-21-31-52(48)64(11,12)60(50)59(45(58)6)49-30-24-33-54-61(49)66-56-34-23-22-32-53(56)65(54,46-25-16-14-17-26-46)47-27-18-15-19-28-47/h13-14,16-18,20-34,37-40,66H,1,15,19,35-36H2,2-12H3/b44-39-. The van der Waals surface area contributed by atoms with Gasteiger partial charge < -0.3 is 10.2 Å². The van der Waals surface area contributed by atoms with Crippen LogP contribution < -0.4 is 10.2 Å². The van der Waals surface area contributed by atoms with Crippen LogP contribution in [0.4, 0.5) is 22.7 Å². The van der Waals surface area contributed by atoms with E-state index in [1.165, 1.54) is 112 Å². The molecule has 0 radical (unpaired) electrons. The van der Waals surface area contributed by atoms with Gasteiger partial charge in [0.2, 0.25) is 0 Å². The predicted molar refractivity (Wildman–Crippen MR) is 287 cm³/mol. The molecule has 2 nitrogen and oxygen atoms in total. The van der Waals surface area contributed by atoms with E-state index in [2.05, 4.69) is 239 Å². The number of nitrogens with one attached hydrogen (secondary N) is 1. The highest BCUT2D eigenvalue weighted by Gasteiger charge is 2.47. The average molecular weight is 877 g/mol. The van der Waals surface area contributed by atoms with E-state index in [0.29, 0.717) is 0 Å². The fraction of sp³-hybridized carbons (Fsp3) is 0.292. The lowest BCUT2D eigenvalue weighted by molar-refractivity contribution is 0.273. The summed E-state index contributed by atoms with van der Waals surface area (Å²) in [5, 5.41) is 4.15. The van der Waals surface area contributed by atoms with Gasteiger partial charge in [-0.25, -0.2) is 0 Å². The van der Waals surface area contributed by atoms with Gasteiger partial charge in [-0.3, -0.25) is 0 Å². The Kier molecular flexibility index (Phi) is 10.7. The number of rotatable bonds is 8. The minimum Gasteiger partial charge on any atom is -0.354 e. The van der Waals surface area contributed by atoms with Crippen LogP contribution in [0.2, 0.25) is 0 Å². The molecule has 2 heteroatoms. The Hall–Kier alpha value is -6.38.